The Hall–Kier alpha value is -2.11. The third-order valence-electron chi connectivity index (χ3n) is 3.27. The van der Waals surface area contributed by atoms with Gasteiger partial charge in [0.1, 0.15) is 5.75 Å². The molecule has 0 aromatic heterocycles. The molecular formula is C19H16OP. The minimum absolute atomic E-state index is 0.629. The highest BCUT2D eigenvalue weighted by Gasteiger charge is 2.19. The summed E-state index contributed by atoms with van der Waals surface area (Å²) < 4.78 is 5.53. The van der Waals surface area contributed by atoms with Crippen LogP contribution in [0, 0.1) is 6.07 Å². The van der Waals surface area contributed by atoms with E-state index >= 15 is 0 Å². The minimum atomic E-state index is -0.629. The molecule has 0 aliphatic carbocycles. The second kappa shape index (κ2) is 6.56. The van der Waals surface area contributed by atoms with E-state index in [1.165, 1.54) is 15.9 Å². The Kier molecular flexibility index (Phi) is 4.33. The third-order valence-corrected chi connectivity index (χ3v) is 5.73. The molecule has 3 rings (SSSR count). The van der Waals surface area contributed by atoms with Gasteiger partial charge in [-0.1, -0.05) is 78.9 Å². The predicted octanol–water partition coefficient (Wildman–Crippen LogP) is 3.25. The molecule has 3 aromatic rings. The van der Waals surface area contributed by atoms with Crippen molar-refractivity contribution in [2.24, 2.45) is 0 Å². The van der Waals surface area contributed by atoms with Gasteiger partial charge in [0.2, 0.25) is 0 Å². The summed E-state index contributed by atoms with van der Waals surface area (Å²) in [6.07, 6.45) is 0. The fourth-order valence-electron chi connectivity index (χ4n) is 2.33. The average Bonchev–Trinajstić information content (AvgIpc) is 2.58. The molecule has 1 nitrogen and oxygen atoms in total. The quantitative estimate of drug-likeness (QED) is 0.670. The number of benzene rings is 3. The lowest BCUT2D eigenvalue weighted by atomic mass is 10.3. The summed E-state index contributed by atoms with van der Waals surface area (Å²) >= 11 is 0. The summed E-state index contributed by atoms with van der Waals surface area (Å²) in [5.74, 6) is 0.830. The fourth-order valence-corrected chi connectivity index (χ4v) is 4.72. The second-order valence-electron chi connectivity index (χ2n) is 4.60. The highest BCUT2D eigenvalue weighted by Crippen LogP contribution is 2.35. The Morgan fingerprint density at radius 2 is 1.33 bits per heavy atom. The molecule has 0 fully saturated rings. The van der Waals surface area contributed by atoms with Crippen molar-refractivity contribution in [3.05, 3.63) is 84.9 Å². The maximum atomic E-state index is 5.53. The zero-order valence-electron chi connectivity index (χ0n) is 11.9. The van der Waals surface area contributed by atoms with Crippen molar-refractivity contribution in [3.8, 4) is 5.75 Å². The van der Waals surface area contributed by atoms with E-state index in [1.807, 2.05) is 12.1 Å². The smallest absolute Gasteiger partial charge is 0.135 e. The Morgan fingerprint density at radius 3 is 1.86 bits per heavy atom. The third kappa shape index (κ3) is 2.99. The highest BCUT2D eigenvalue weighted by atomic mass is 31.1. The first-order valence-electron chi connectivity index (χ1n) is 6.85. The van der Waals surface area contributed by atoms with Crippen LogP contribution >= 0.6 is 7.92 Å². The van der Waals surface area contributed by atoms with Gasteiger partial charge in [0.25, 0.3) is 0 Å². The van der Waals surface area contributed by atoms with Crippen molar-refractivity contribution in [2.45, 2.75) is 0 Å². The maximum Gasteiger partial charge on any atom is 0.135 e. The van der Waals surface area contributed by atoms with E-state index < -0.39 is 7.92 Å². The molecule has 2 heteroatoms. The van der Waals surface area contributed by atoms with E-state index in [9.17, 15) is 0 Å². The number of rotatable bonds is 4. The van der Waals surface area contributed by atoms with Crippen LogP contribution in [0.3, 0.4) is 0 Å². The van der Waals surface area contributed by atoms with Crippen molar-refractivity contribution in [1.82, 2.24) is 0 Å². The van der Waals surface area contributed by atoms with Crippen LogP contribution in [0.15, 0.2) is 78.9 Å². The topological polar surface area (TPSA) is 9.23 Å². The molecule has 0 amide bonds. The summed E-state index contributed by atoms with van der Waals surface area (Å²) in [6.45, 7) is 0. The van der Waals surface area contributed by atoms with E-state index in [4.69, 9.17) is 4.74 Å². The SMILES string of the molecule is COc1[c]cccc1P(c1ccccc1)c1ccccc1. The van der Waals surface area contributed by atoms with Crippen LogP contribution in [0.2, 0.25) is 0 Å². The fraction of sp³-hybridized carbons (Fsp3) is 0.0526. The Labute approximate surface area is 127 Å². The molecule has 0 aliphatic rings. The zero-order chi connectivity index (χ0) is 14.5. The first-order chi connectivity index (χ1) is 10.4. The lowest BCUT2D eigenvalue weighted by Crippen LogP contribution is -2.21. The lowest BCUT2D eigenvalue weighted by molar-refractivity contribution is 0.417. The largest absolute Gasteiger partial charge is 0.495 e. The molecule has 0 saturated carbocycles. The van der Waals surface area contributed by atoms with Gasteiger partial charge in [0.15, 0.2) is 0 Å². The summed E-state index contributed by atoms with van der Waals surface area (Å²) in [4.78, 5) is 0. The van der Waals surface area contributed by atoms with Gasteiger partial charge in [-0.2, -0.15) is 0 Å². The molecule has 0 N–H and O–H groups in total. The van der Waals surface area contributed by atoms with Gasteiger partial charge in [0, 0.05) is 11.4 Å². The van der Waals surface area contributed by atoms with E-state index in [-0.39, 0.29) is 0 Å². The van der Waals surface area contributed by atoms with Gasteiger partial charge in [-0.15, -0.1) is 0 Å². The molecule has 0 aliphatic heterocycles. The number of para-hydroxylation sites is 1. The Balaban J connectivity index is 2.17. The molecule has 0 atom stereocenters. The number of hydrogen-bond acceptors (Lipinski definition) is 1. The maximum absolute atomic E-state index is 5.53. The molecule has 1 radical (unpaired) electrons. The van der Waals surface area contributed by atoms with Crippen LogP contribution in [0.5, 0.6) is 5.75 Å². The Bertz CT molecular complexity index is 656. The standard InChI is InChI=1S/C19H16OP/c1-20-18-14-8-9-15-19(18)21(16-10-4-2-5-11-16)17-12-6-3-7-13-17/h2-13,15H,1H3. The average molecular weight is 291 g/mol. The normalized spacial score (nSPS) is 10.6. The molecule has 21 heavy (non-hydrogen) atoms. The zero-order valence-corrected chi connectivity index (χ0v) is 12.8. The van der Waals surface area contributed by atoms with Crippen LogP contribution in [-0.2, 0) is 0 Å². The summed E-state index contributed by atoms with van der Waals surface area (Å²) in [7, 11) is 1.08. The number of ether oxygens (including phenoxy) is 1. The van der Waals surface area contributed by atoms with Gasteiger partial charge in [-0.05, 0) is 18.5 Å². The predicted molar refractivity (Wildman–Crippen MR) is 90.5 cm³/mol. The Morgan fingerprint density at radius 1 is 0.762 bits per heavy atom. The van der Waals surface area contributed by atoms with E-state index in [0.29, 0.717) is 0 Å². The van der Waals surface area contributed by atoms with E-state index in [1.54, 1.807) is 7.11 Å². The van der Waals surface area contributed by atoms with Gasteiger partial charge < -0.3 is 4.74 Å². The van der Waals surface area contributed by atoms with Gasteiger partial charge >= 0.3 is 0 Å². The number of hydrogen-bond donors (Lipinski definition) is 0. The summed E-state index contributed by atoms with van der Waals surface area (Å²) in [5.41, 5.74) is 0. The first-order valence-corrected chi connectivity index (χ1v) is 8.19. The molecule has 0 bridgehead atoms. The van der Waals surface area contributed by atoms with Crippen molar-refractivity contribution in [3.63, 3.8) is 0 Å². The molecule has 0 spiro atoms. The van der Waals surface area contributed by atoms with Gasteiger partial charge in [-0.25, -0.2) is 0 Å². The van der Waals surface area contributed by atoms with Crippen LogP contribution in [-0.4, -0.2) is 7.11 Å². The summed E-state index contributed by atoms with van der Waals surface area (Å²) in [5, 5.41) is 3.83. The van der Waals surface area contributed by atoms with Crippen LogP contribution < -0.4 is 20.7 Å². The highest BCUT2D eigenvalue weighted by molar-refractivity contribution is 7.80. The molecule has 0 heterocycles. The van der Waals surface area contributed by atoms with Crippen molar-refractivity contribution < 1.29 is 4.74 Å². The van der Waals surface area contributed by atoms with Gasteiger partial charge in [0.05, 0.1) is 7.11 Å². The number of methoxy groups -OCH3 is 1. The van der Waals surface area contributed by atoms with E-state index in [2.05, 4.69) is 72.8 Å². The van der Waals surface area contributed by atoms with Crippen molar-refractivity contribution in [1.29, 1.82) is 0 Å². The molecule has 0 unspecified atom stereocenters. The molecule has 0 saturated heterocycles. The monoisotopic (exact) mass is 291 g/mol. The second-order valence-corrected chi connectivity index (χ2v) is 6.78. The van der Waals surface area contributed by atoms with Crippen LogP contribution in [0.25, 0.3) is 0 Å². The molecule has 103 valence electrons. The van der Waals surface area contributed by atoms with E-state index in [0.717, 1.165) is 5.75 Å². The molecule has 3 aromatic carbocycles. The van der Waals surface area contributed by atoms with Crippen molar-refractivity contribution >= 4 is 23.8 Å². The first kappa shape index (κ1) is 13.9. The summed E-state index contributed by atoms with van der Waals surface area (Å²) in [6, 6.07) is 30.5. The molecular weight excluding hydrogens is 275 g/mol. The minimum Gasteiger partial charge on any atom is -0.495 e. The van der Waals surface area contributed by atoms with Crippen LogP contribution in [0.1, 0.15) is 0 Å². The lowest BCUT2D eigenvalue weighted by Gasteiger charge is -2.21. The van der Waals surface area contributed by atoms with Gasteiger partial charge in [-0.3, -0.25) is 0 Å². The van der Waals surface area contributed by atoms with Crippen molar-refractivity contribution in [2.75, 3.05) is 7.11 Å². The van der Waals surface area contributed by atoms with Crippen LogP contribution in [0.4, 0.5) is 0 Å².